The molecule has 0 radical (unpaired) electrons. The Bertz CT molecular complexity index is 453. The maximum absolute atomic E-state index is 5.79. The molecule has 0 aromatic heterocycles. The average Bonchev–Trinajstić information content (AvgIpc) is 2.67. The van der Waals surface area contributed by atoms with E-state index in [9.17, 15) is 0 Å². The van der Waals surface area contributed by atoms with Crippen LogP contribution < -0.4 is 9.47 Å². The van der Waals surface area contributed by atoms with Crippen LogP contribution >= 0.6 is 15.9 Å². The van der Waals surface area contributed by atoms with Crippen molar-refractivity contribution in [3.05, 3.63) is 23.8 Å². The summed E-state index contributed by atoms with van der Waals surface area (Å²) in [7, 11) is 3.29. The molecule has 1 atom stereocenters. The second-order valence-corrected chi connectivity index (χ2v) is 6.25. The van der Waals surface area contributed by atoms with Crippen molar-refractivity contribution in [3.63, 3.8) is 0 Å². The van der Waals surface area contributed by atoms with E-state index in [2.05, 4.69) is 15.9 Å². The minimum atomic E-state index is -0.232. The molecule has 0 saturated carbocycles. The second-order valence-electron chi connectivity index (χ2n) is 5.42. The fraction of sp³-hybridized carbons (Fsp3) is 0.684. The van der Waals surface area contributed by atoms with E-state index in [1.165, 1.54) is 0 Å². The smallest absolute Gasteiger partial charge is 0.137 e. The monoisotopic (exact) mass is 450 g/mol. The maximum Gasteiger partial charge on any atom is 0.137 e. The highest BCUT2D eigenvalue weighted by molar-refractivity contribution is 9.09. The summed E-state index contributed by atoms with van der Waals surface area (Å²) in [5.74, 6) is 1.39. The highest BCUT2D eigenvalue weighted by atomic mass is 79.9. The Labute approximate surface area is 170 Å². The fourth-order valence-corrected chi connectivity index (χ4v) is 2.59. The van der Waals surface area contributed by atoms with Gasteiger partial charge in [-0.05, 0) is 24.6 Å². The van der Waals surface area contributed by atoms with Crippen LogP contribution in [0, 0.1) is 0 Å². The molecule has 0 aliphatic rings. The third-order valence-corrected chi connectivity index (χ3v) is 4.13. The van der Waals surface area contributed by atoms with E-state index in [1.807, 2.05) is 25.1 Å². The summed E-state index contributed by atoms with van der Waals surface area (Å²) in [6, 6.07) is 5.69. The van der Waals surface area contributed by atoms with E-state index in [-0.39, 0.29) is 5.01 Å². The number of alkyl halides is 1. The summed E-state index contributed by atoms with van der Waals surface area (Å²) in [4.78, 5) is 0. The van der Waals surface area contributed by atoms with Gasteiger partial charge >= 0.3 is 0 Å². The van der Waals surface area contributed by atoms with Crippen LogP contribution in [0.1, 0.15) is 17.5 Å². The van der Waals surface area contributed by atoms with Gasteiger partial charge in [-0.3, -0.25) is 0 Å². The maximum atomic E-state index is 5.79. The minimum absolute atomic E-state index is 0.232. The topological polar surface area (TPSA) is 64.6 Å². The Morgan fingerprint density at radius 2 is 1.22 bits per heavy atom. The lowest BCUT2D eigenvalue weighted by Gasteiger charge is -2.15. The summed E-state index contributed by atoms with van der Waals surface area (Å²) in [6.45, 7) is 6.62. The molecule has 0 amide bonds. The SMILES string of the molecule is CCOC(Br)c1cc(OCCOCCOC)cc(OCCOCCOC)c1. The van der Waals surface area contributed by atoms with Crippen LogP contribution in [-0.2, 0) is 23.7 Å². The highest BCUT2D eigenvalue weighted by Gasteiger charge is 2.11. The first-order valence-electron chi connectivity index (χ1n) is 9.00. The van der Waals surface area contributed by atoms with E-state index in [0.29, 0.717) is 71.0 Å². The van der Waals surface area contributed by atoms with Gasteiger partial charge in [-0.25, -0.2) is 0 Å². The third kappa shape index (κ3) is 11.5. The molecule has 1 rings (SSSR count). The van der Waals surface area contributed by atoms with Gasteiger partial charge in [0.2, 0.25) is 0 Å². The van der Waals surface area contributed by atoms with Crippen LogP contribution in [0.3, 0.4) is 0 Å². The molecule has 156 valence electrons. The van der Waals surface area contributed by atoms with Crippen molar-refractivity contribution in [3.8, 4) is 11.5 Å². The zero-order valence-corrected chi connectivity index (χ0v) is 18.0. The first kappa shape index (κ1) is 24.1. The molecule has 0 aliphatic heterocycles. The zero-order valence-electron chi connectivity index (χ0n) is 16.4. The van der Waals surface area contributed by atoms with Crippen LogP contribution in [0.25, 0.3) is 0 Å². The first-order chi connectivity index (χ1) is 13.2. The van der Waals surface area contributed by atoms with Gasteiger partial charge in [-0.2, -0.15) is 0 Å². The largest absolute Gasteiger partial charge is 0.491 e. The number of halogens is 1. The molecule has 0 aliphatic carbocycles. The molecule has 8 heteroatoms. The first-order valence-corrected chi connectivity index (χ1v) is 9.92. The lowest BCUT2D eigenvalue weighted by molar-refractivity contribution is 0.0531. The van der Waals surface area contributed by atoms with Gasteiger partial charge in [0, 0.05) is 26.9 Å². The molecule has 1 aromatic carbocycles. The van der Waals surface area contributed by atoms with Crippen LogP contribution in [0.2, 0.25) is 0 Å². The number of benzene rings is 1. The number of ether oxygens (including phenoxy) is 7. The highest BCUT2D eigenvalue weighted by Crippen LogP contribution is 2.31. The van der Waals surface area contributed by atoms with Crippen molar-refractivity contribution in [1.82, 2.24) is 0 Å². The van der Waals surface area contributed by atoms with Gasteiger partial charge in [0.15, 0.2) is 0 Å². The standard InChI is InChI=1S/C19H31BrO7/c1-4-25-19(20)16-13-17(26-11-9-23-7-5-21-2)15-18(14-16)27-12-10-24-8-6-22-3/h13-15,19H,4-12H2,1-3H3. The van der Waals surface area contributed by atoms with E-state index < -0.39 is 0 Å². The van der Waals surface area contributed by atoms with Gasteiger partial charge in [-0.1, -0.05) is 15.9 Å². The predicted molar refractivity (Wildman–Crippen MR) is 106 cm³/mol. The molecular weight excluding hydrogens is 420 g/mol. The molecule has 1 unspecified atom stereocenters. The van der Waals surface area contributed by atoms with Crippen LogP contribution in [0.15, 0.2) is 18.2 Å². The van der Waals surface area contributed by atoms with Crippen molar-refractivity contribution < 1.29 is 33.2 Å². The third-order valence-electron chi connectivity index (χ3n) is 3.33. The van der Waals surface area contributed by atoms with Gasteiger partial charge in [0.05, 0.1) is 39.6 Å². The van der Waals surface area contributed by atoms with E-state index in [0.717, 1.165) is 5.56 Å². The molecule has 0 spiro atoms. The summed E-state index contributed by atoms with van der Waals surface area (Å²) in [5, 5.41) is -0.232. The number of hydrogen-bond donors (Lipinski definition) is 0. The normalized spacial score (nSPS) is 12.1. The van der Waals surface area contributed by atoms with E-state index in [4.69, 9.17) is 33.2 Å². The molecule has 27 heavy (non-hydrogen) atoms. The summed E-state index contributed by atoms with van der Waals surface area (Å²) in [5.41, 5.74) is 0.921. The predicted octanol–water partition coefficient (Wildman–Crippen LogP) is 3.20. The molecular formula is C19H31BrO7. The Hall–Kier alpha value is -0.900. The summed E-state index contributed by atoms with van der Waals surface area (Å²) >= 11 is 3.52. The zero-order chi connectivity index (χ0) is 19.7. The Morgan fingerprint density at radius 3 is 1.67 bits per heavy atom. The number of rotatable bonds is 17. The Balaban J connectivity index is 2.56. The summed E-state index contributed by atoms with van der Waals surface area (Å²) < 4.78 is 37.9. The van der Waals surface area contributed by atoms with Crippen LogP contribution in [0.4, 0.5) is 0 Å². The van der Waals surface area contributed by atoms with Crippen LogP contribution in [0.5, 0.6) is 11.5 Å². The van der Waals surface area contributed by atoms with Crippen molar-refractivity contribution in [2.75, 3.05) is 73.7 Å². The van der Waals surface area contributed by atoms with Crippen molar-refractivity contribution in [2.24, 2.45) is 0 Å². The Morgan fingerprint density at radius 1 is 0.741 bits per heavy atom. The molecule has 0 fully saturated rings. The molecule has 0 saturated heterocycles. The molecule has 0 bridgehead atoms. The lowest BCUT2D eigenvalue weighted by Crippen LogP contribution is -2.11. The van der Waals surface area contributed by atoms with Crippen molar-refractivity contribution >= 4 is 15.9 Å². The number of hydrogen-bond acceptors (Lipinski definition) is 7. The molecule has 1 aromatic rings. The van der Waals surface area contributed by atoms with Gasteiger partial charge in [-0.15, -0.1) is 0 Å². The van der Waals surface area contributed by atoms with Gasteiger partial charge in [0.25, 0.3) is 0 Å². The fourth-order valence-electron chi connectivity index (χ4n) is 2.06. The van der Waals surface area contributed by atoms with Crippen molar-refractivity contribution in [1.29, 1.82) is 0 Å². The average molecular weight is 451 g/mol. The van der Waals surface area contributed by atoms with Crippen molar-refractivity contribution in [2.45, 2.75) is 11.9 Å². The van der Waals surface area contributed by atoms with E-state index >= 15 is 0 Å². The molecule has 7 nitrogen and oxygen atoms in total. The second kappa shape index (κ2) is 16.1. The Kier molecular flexibility index (Phi) is 14.4. The van der Waals surface area contributed by atoms with Gasteiger partial charge in [0.1, 0.15) is 29.7 Å². The summed E-state index contributed by atoms with van der Waals surface area (Å²) in [6.07, 6.45) is 0. The lowest BCUT2D eigenvalue weighted by atomic mass is 10.2. The molecule has 0 N–H and O–H groups in total. The quantitative estimate of drug-likeness (QED) is 0.266. The van der Waals surface area contributed by atoms with Gasteiger partial charge < -0.3 is 33.2 Å². The molecule has 0 heterocycles. The minimum Gasteiger partial charge on any atom is -0.491 e. The number of methoxy groups -OCH3 is 2. The van der Waals surface area contributed by atoms with Crippen LogP contribution in [-0.4, -0.2) is 73.7 Å². The van der Waals surface area contributed by atoms with E-state index in [1.54, 1.807) is 14.2 Å².